The fourth-order valence-corrected chi connectivity index (χ4v) is 4.94. The second-order valence-corrected chi connectivity index (χ2v) is 10.5. The summed E-state index contributed by atoms with van der Waals surface area (Å²) in [6.45, 7) is 3.49. The molecule has 1 atom stereocenters. The quantitative estimate of drug-likeness (QED) is 0.243. The average Bonchev–Trinajstić information content (AvgIpc) is 2.89. The number of hydrogen-bond donors (Lipinski definition) is 0. The number of aromatic nitrogens is 2. The van der Waals surface area contributed by atoms with Crippen LogP contribution in [0.2, 0.25) is 5.02 Å². The Balaban J connectivity index is 1.90. The maximum atomic E-state index is 13.9. The lowest BCUT2D eigenvalue weighted by atomic mass is 10.1. The average molecular weight is 582 g/mol. The van der Waals surface area contributed by atoms with Crippen LogP contribution in [0.4, 0.5) is 0 Å². The van der Waals surface area contributed by atoms with Gasteiger partial charge in [0, 0.05) is 23.1 Å². The number of fused-ring (bicyclic) bond motifs is 1. The minimum atomic E-state index is -0.420. The molecule has 0 N–H and O–H groups in total. The Morgan fingerprint density at radius 3 is 2.35 bits per heavy atom. The third-order valence-corrected chi connectivity index (χ3v) is 7.19. The number of rotatable bonds is 9. The molecule has 1 aromatic heterocycles. The zero-order valence-electron chi connectivity index (χ0n) is 21.2. The predicted octanol–water partition coefficient (Wildman–Crippen LogP) is 6.02. The summed E-state index contributed by atoms with van der Waals surface area (Å²) in [6, 6.07) is 22.0. The van der Waals surface area contributed by atoms with Gasteiger partial charge < -0.3 is 9.80 Å². The van der Waals surface area contributed by atoms with Crippen LogP contribution < -0.4 is 5.56 Å². The first-order valence-electron chi connectivity index (χ1n) is 12.2. The van der Waals surface area contributed by atoms with Gasteiger partial charge in [-0.1, -0.05) is 70.9 Å². The lowest BCUT2D eigenvalue weighted by Crippen LogP contribution is -2.42. The van der Waals surface area contributed by atoms with E-state index in [4.69, 9.17) is 16.6 Å². The second-order valence-electron chi connectivity index (χ2n) is 9.21. The number of carbonyl (C=O) groups excluding carboxylic acids is 1. The molecule has 4 rings (SSSR count). The molecule has 8 heteroatoms. The fraction of sp³-hybridized carbons (Fsp3) is 0.276. The van der Waals surface area contributed by atoms with Gasteiger partial charge in [-0.15, -0.1) is 0 Å². The number of benzene rings is 3. The highest BCUT2D eigenvalue weighted by molar-refractivity contribution is 9.10. The molecule has 1 amide bonds. The minimum Gasteiger partial charge on any atom is -0.327 e. The molecule has 0 spiro atoms. The van der Waals surface area contributed by atoms with Crippen molar-refractivity contribution in [3.05, 3.63) is 110 Å². The minimum absolute atomic E-state index is 0.104. The van der Waals surface area contributed by atoms with E-state index in [1.165, 1.54) is 0 Å². The normalized spacial score (nSPS) is 12.2. The summed E-state index contributed by atoms with van der Waals surface area (Å²) in [5.41, 5.74) is 1.87. The van der Waals surface area contributed by atoms with Gasteiger partial charge in [-0.05, 0) is 62.5 Å². The summed E-state index contributed by atoms with van der Waals surface area (Å²) in [5, 5.41) is 0.754. The fourth-order valence-electron chi connectivity index (χ4n) is 4.42. The number of likely N-dealkylation sites (N-methyl/N-ethyl adjacent to an activating group) is 1. The Labute approximate surface area is 230 Å². The molecular weight excluding hydrogens is 552 g/mol. The van der Waals surface area contributed by atoms with Crippen LogP contribution in [-0.2, 0) is 6.54 Å². The third kappa shape index (κ3) is 6.12. The number of nitrogens with zero attached hydrogens (tertiary/aromatic N) is 4. The molecule has 0 radical (unpaired) electrons. The maximum Gasteiger partial charge on any atom is 0.263 e. The van der Waals surface area contributed by atoms with Crippen LogP contribution >= 0.6 is 27.5 Å². The van der Waals surface area contributed by atoms with E-state index in [1.807, 2.05) is 85.4 Å². The summed E-state index contributed by atoms with van der Waals surface area (Å²) in [4.78, 5) is 36.6. The van der Waals surface area contributed by atoms with Crippen molar-refractivity contribution < 1.29 is 4.79 Å². The van der Waals surface area contributed by atoms with Gasteiger partial charge in [-0.2, -0.15) is 0 Å². The van der Waals surface area contributed by atoms with E-state index in [-0.39, 0.29) is 11.5 Å². The van der Waals surface area contributed by atoms with Crippen LogP contribution in [0.15, 0.2) is 82.1 Å². The zero-order chi connectivity index (χ0) is 26.5. The van der Waals surface area contributed by atoms with Crippen LogP contribution in [-0.4, -0.2) is 52.4 Å². The van der Waals surface area contributed by atoms with Crippen molar-refractivity contribution in [3.63, 3.8) is 0 Å². The summed E-state index contributed by atoms with van der Waals surface area (Å²) < 4.78 is 2.58. The molecule has 37 heavy (non-hydrogen) atoms. The first-order chi connectivity index (χ1) is 17.8. The smallest absolute Gasteiger partial charge is 0.263 e. The molecule has 0 saturated heterocycles. The molecule has 0 fully saturated rings. The first kappa shape index (κ1) is 27.0. The maximum absolute atomic E-state index is 13.9. The molecule has 0 aliphatic heterocycles. The van der Waals surface area contributed by atoms with Crippen LogP contribution in [0.5, 0.6) is 0 Å². The van der Waals surface area contributed by atoms with Crippen molar-refractivity contribution in [1.29, 1.82) is 0 Å². The largest absolute Gasteiger partial charge is 0.327 e. The molecule has 0 bridgehead atoms. The standard InChI is InChI=1S/C29H30BrClN4O2/c1-4-25(34(18-17-33(2)3)28(36)21-13-15-22(30)16-14-21)27-32-24-12-8-11-23(31)26(24)29(37)35(27)19-20-9-6-5-7-10-20/h5-16,25H,4,17-19H2,1-3H3. The van der Waals surface area contributed by atoms with Gasteiger partial charge in [0.1, 0.15) is 5.82 Å². The third-order valence-electron chi connectivity index (χ3n) is 6.35. The summed E-state index contributed by atoms with van der Waals surface area (Å²) >= 11 is 9.91. The summed E-state index contributed by atoms with van der Waals surface area (Å²) in [5.74, 6) is 0.447. The van der Waals surface area contributed by atoms with Gasteiger partial charge in [0.25, 0.3) is 11.5 Å². The Morgan fingerprint density at radius 1 is 1.00 bits per heavy atom. The van der Waals surface area contributed by atoms with E-state index in [0.717, 1.165) is 10.0 Å². The molecular formula is C29H30BrClN4O2. The van der Waals surface area contributed by atoms with Gasteiger partial charge in [0.05, 0.1) is 28.5 Å². The van der Waals surface area contributed by atoms with Crippen molar-refractivity contribution in [2.75, 3.05) is 27.2 Å². The van der Waals surface area contributed by atoms with Gasteiger partial charge in [0.15, 0.2) is 0 Å². The van der Waals surface area contributed by atoms with Crippen molar-refractivity contribution >= 4 is 44.3 Å². The van der Waals surface area contributed by atoms with E-state index >= 15 is 0 Å². The van der Waals surface area contributed by atoms with Gasteiger partial charge in [-0.3, -0.25) is 14.2 Å². The van der Waals surface area contributed by atoms with E-state index in [9.17, 15) is 9.59 Å². The highest BCUT2D eigenvalue weighted by Gasteiger charge is 2.29. The monoisotopic (exact) mass is 580 g/mol. The first-order valence-corrected chi connectivity index (χ1v) is 13.4. The molecule has 192 valence electrons. The zero-order valence-corrected chi connectivity index (χ0v) is 23.5. The Kier molecular flexibility index (Phi) is 8.79. The lowest BCUT2D eigenvalue weighted by Gasteiger charge is -2.33. The Hall–Kier alpha value is -3.00. The topological polar surface area (TPSA) is 58.4 Å². The highest BCUT2D eigenvalue weighted by Crippen LogP contribution is 2.28. The Morgan fingerprint density at radius 2 is 1.70 bits per heavy atom. The molecule has 6 nitrogen and oxygen atoms in total. The second kappa shape index (κ2) is 12.0. The number of carbonyl (C=O) groups is 1. The summed E-state index contributed by atoms with van der Waals surface area (Å²) in [6.07, 6.45) is 0.586. The lowest BCUT2D eigenvalue weighted by molar-refractivity contribution is 0.0642. The molecule has 0 aliphatic carbocycles. The van der Waals surface area contributed by atoms with Crippen LogP contribution in [0, 0.1) is 0 Å². The number of halogens is 2. The van der Waals surface area contributed by atoms with Crippen molar-refractivity contribution in [3.8, 4) is 0 Å². The van der Waals surface area contributed by atoms with E-state index in [2.05, 4.69) is 15.9 Å². The van der Waals surface area contributed by atoms with Crippen LogP contribution in [0.25, 0.3) is 10.9 Å². The highest BCUT2D eigenvalue weighted by atomic mass is 79.9. The van der Waals surface area contributed by atoms with Crippen molar-refractivity contribution in [1.82, 2.24) is 19.4 Å². The summed E-state index contributed by atoms with van der Waals surface area (Å²) in [7, 11) is 3.95. The molecule has 1 unspecified atom stereocenters. The van der Waals surface area contributed by atoms with Crippen LogP contribution in [0.3, 0.4) is 0 Å². The van der Waals surface area contributed by atoms with E-state index in [0.29, 0.717) is 53.4 Å². The predicted molar refractivity (Wildman–Crippen MR) is 153 cm³/mol. The molecule has 0 saturated carbocycles. The van der Waals surface area contributed by atoms with Gasteiger partial charge in [-0.25, -0.2) is 4.98 Å². The SMILES string of the molecule is CCC(c1nc2cccc(Cl)c2c(=O)n1Cc1ccccc1)N(CCN(C)C)C(=O)c1ccc(Br)cc1. The van der Waals surface area contributed by atoms with E-state index in [1.54, 1.807) is 22.8 Å². The van der Waals surface area contributed by atoms with Gasteiger partial charge in [0.2, 0.25) is 0 Å². The molecule has 1 heterocycles. The molecule has 0 aliphatic rings. The van der Waals surface area contributed by atoms with Crippen LogP contribution in [0.1, 0.15) is 41.1 Å². The van der Waals surface area contributed by atoms with Crippen molar-refractivity contribution in [2.45, 2.75) is 25.9 Å². The number of amides is 1. The Bertz CT molecular complexity index is 1440. The van der Waals surface area contributed by atoms with E-state index < -0.39 is 6.04 Å². The molecule has 3 aromatic carbocycles. The number of hydrogen-bond acceptors (Lipinski definition) is 4. The van der Waals surface area contributed by atoms with Gasteiger partial charge >= 0.3 is 0 Å². The van der Waals surface area contributed by atoms with Crippen molar-refractivity contribution in [2.24, 2.45) is 0 Å². The molecule has 4 aromatic rings.